The maximum atomic E-state index is 12.8. The summed E-state index contributed by atoms with van der Waals surface area (Å²) in [6.45, 7) is 1.41. The molecule has 63 heavy (non-hydrogen) atoms. The summed E-state index contributed by atoms with van der Waals surface area (Å²) >= 11 is 0. The lowest BCUT2D eigenvalue weighted by atomic mass is 9.96. The lowest BCUT2D eigenvalue weighted by Gasteiger charge is -2.48. The molecule has 0 spiro atoms. The summed E-state index contributed by atoms with van der Waals surface area (Å²) in [5.41, 5.74) is 0. The first kappa shape index (κ1) is 55.3. The van der Waals surface area contributed by atoms with Crippen molar-refractivity contribution >= 4 is 5.91 Å². The molecule has 0 aromatic heterocycles. The van der Waals surface area contributed by atoms with Crippen molar-refractivity contribution in [3.8, 4) is 0 Å². The second-order valence-corrected chi connectivity index (χ2v) is 16.5. The second-order valence-electron chi connectivity index (χ2n) is 16.5. The normalized spacial score (nSPS) is 35.2. The summed E-state index contributed by atoms with van der Waals surface area (Å²) in [5.74, 6) is -0.319. The van der Waals surface area contributed by atoms with Gasteiger partial charge in [-0.2, -0.15) is 0 Å². The number of carbonyl (C=O) groups is 1. The van der Waals surface area contributed by atoms with Crippen LogP contribution in [0.2, 0.25) is 0 Å². The molecular formula is C44H77NO18. The molecule has 12 N–H and O–H groups in total. The molecule has 3 heterocycles. The SMILES string of the molecule is CCCCCCC/C=C/CC/C=C/CC/C=C/C(O)C(COC1OC(CO)C(OC2OC(CO)C(OC3OC(CO)C(O)C(O)C3O)C(O)C2O)C(O)C1O)NC(=O)CCCCC. The van der Waals surface area contributed by atoms with Gasteiger partial charge in [-0.15, -0.1) is 0 Å². The highest BCUT2D eigenvalue weighted by atomic mass is 16.8. The van der Waals surface area contributed by atoms with Gasteiger partial charge in [0, 0.05) is 6.42 Å². The van der Waals surface area contributed by atoms with Crippen molar-refractivity contribution in [1.82, 2.24) is 5.32 Å². The van der Waals surface area contributed by atoms with Gasteiger partial charge in [0.1, 0.15) is 73.2 Å². The van der Waals surface area contributed by atoms with Crippen molar-refractivity contribution in [2.24, 2.45) is 0 Å². The van der Waals surface area contributed by atoms with Gasteiger partial charge < -0.3 is 89.9 Å². The first-order valence-corrected chi connectivity index (χ1v) is 22.7. The average Bonchev–Trinajstić information content (AvgIpc) is 3.28. The Kier molecular flexibility index (Phi) is 26.6. The van der Waals surface area contributed by atoms with Crippen LogP contribution >= 0.6 is 0 Å². The molecule has 0 bridgehead atoms. The van der Waals surface area contributed by atoms with Gasteiger partial charge in [0.15, 0.2) is 18.9 Å². The van der Waals surface area contributed by atoms with E-state index in [-0.39, 0.29) is 18.9 Å². The van der Waals surface area contributed by atoms with Gasteiger partial charge in [-0.25, -0.2) is 0 Å². The minimum atomic E-state index is -1.98. The number of nitrogens with one attached hydrogen (secondary N) is 1. The van der Waals surface area contributed by atoms with Crippen LogP contribution in [0.4, 0.5) is 0 Å². The maximum absolute atomic E-state index is 12.8. The van der Waals surface area contributed by atoms with Gasteiger partial charge in [0.25, 0.3) is 0 Å². The summed E-state index contributed by atoms with van der Waals surface area (Å²) in [4.78, 5) is 12.8. The van der Waals surface area contributed by atoms with E-state index in [1.165, 1.54) is 32.1 Å². The molecule has 17 atom stereocenters. The molecule has 19 heteroatoms. The van der Waals surface area contributed by atoms with E-state index >= 15 is 0 Å². The van der Waals surface area contributed by atoms with E-state index in [0.717, 1.165) is 38.5 Å². The average molecular weight is 908 g/mol. The lowest BCUT2D eigenvalue weighted by Crippen LogP contribution is -2.66. The number of unbranched alkanes of at least 4 members (excludes halogenated alkanes) is 9. The monoisotopic (exact) mass is 908 g/mol. The largest absolute Gasteiger partial charge is 0.394 e. The summed E-state index contributed by atoms with van der Waals surface area (Å²) in [7, 11) is 0. The molecule has 3 saturated heterocycles. The molecule has 1 amide bonds. The third kappa shape index (κ3) is 17.6. The van der Waals surface area contributed by atoms with E-state index in [2.05, 4.69) is 36.5 Å². The predicted octanol–water partition coefficient (Wildman–Crippen LogP) is -0.533. The van der Waals surface area contributed by atoms with Gasteiger partial charge in [0.05, 0.1) is 38.6 Å². The summed E-state index contributed by atoms with van der Waals surface area (Å²) < 4.78 is 33.8. The Hall–Kier alpha value is -1.99. The van der Waals surface area contributed by atoms with E-state index in [9.17, 15) is 61.0 Å². The predicted molar refractivity (Wildman–Crippen MR) is 226 cm³/mol. The molecule has 0 aromatic rings. The zero-order chi connectivity index (χ0) is 46.3. The van der Waals surface area contributed by atoms with Crippen LogP contribution in [0.3, 0.4) is 0 Å². The number of hydrogen-bond acceptors (Lipinski definition) is 18. The molecular weight excluding hydrogens is 830 g/mol. The summed E-state index contributed by atoms with van der Waals surface area (Å²) in [6.07, 6.45) is -1.49. The van der Waals surface area contributed by atoms with Crippen LogP contribution in [0.15, 0.2) is 36.5 Å². The molecule has 3 rings (SSSR count). The molecule has 3 aliphatic heterocycles. The number of hydrogen-bond donors (Lipinski definition) is 12. The van der Waals surface area contributed by atoms with Crippen molar-refractivity contribution in [2.75, 3.05) is 26.4 Å². The Bertz CT molecular complexity index is 1320. The summed E-state index contributed by atoms with van der Waals surface area (Å²) in [5, 5.41) is 119. The van der Waals surface area contributed by atoms with Gasteiger partial charge in [-0.1, -0.05) is 88.8 Å². The Balaban J connectivity index is 1.57. The second kappa shape index (κ2) is 30.3. The van der Waals surface area contributed by atoms with Gasteiger partial charge in [-0.05, 0) is 44.9 Å². The Morgan fingerprint density at radius 1 is 0.556 bits per heavy atom. The Morgan fingerprint density at radius 2 is 1.02 bits per heavy atom. The molecule has 0 radical (unpaired) electrons. The van der Waals surface area contributed by atoms with Crippen LogP contribution in [0.1, 0.15) is 104 Å². The van der Waals surface area contributed by atoms with E-state index < -0.39 is 124 Å². The number of aliphatic hydroxyl groups excluding tert-OH is 11. The van der Waals surface area contributed by atoms with Crippen LogP contribution in [0, 0.1) is 0 Å². The first-order chi connectivity index (χ1) is 30.3. The molecule has 0 saturated carbocycles. The van der Waals surface area contributed by atoms with Crippen molar-refractivity contribution in [3.05, 3.63) is 36.5 Å². The van der Waals surface area contributed by atoms with Crippen LogP contribution in [-0.2, 0) is 33.2 Å². The van der Waals surface area contributed by atoms with E-state index in [1.807, 2.05) is 6.92 Å². The standard InChI is InChI=1S/C44H77NO18/c1-3-5-7-8-9-10-11-12-13-14-15-16-17-18-20-21-28(49)27(45-32(50)22-19-6-4-2)26-58-42-38(56)35(53)40(30(24-47)60-42)63-44-39(57)36(54)41(31(25-48)61-44)62-43-37(55)34(52)33(51)29(23-46)59-43/h11-12,15-16,20-21,27-31,33-44,46-49,51-57H,3-10,13-14,17-19,22-26H2,1-2H3,(H,45,50)/b12-11+,16-15+,21-20+. The molecule has 366 valence electrons. The maximum Gasteiger partial charge on any atom is 0.220 e. The smallest absolute Gasteiger partial charge is 0.220 e. The zero-order valence-corrected chi connectivity index (χ0v) is 36.8. The van der Waals surface area contributed by atoms with Crippen LogP contribution < -0.4 is 5.32 Å². The molecule has 0 aromatic carbocycles. The number of allylic oxidation sites excluding steroid dienone is 5. The van der Waals surface area contributed by atoms with Crippen molar-refractivity contribution in [2.45, 2.75) is 208 Å². The van der Waals surface area contributed by atoms with Crippen LogP contribution in [-0.4, -0.2) is 193 Å². The van der Waals surface area contributed by atoms with Gasteiger partial charge in [0.2, 0.25) is 5.91 Å². The minimum Gasteiger partial charge on any atom is -0.394 e. The zero-order valence-electron chi connectivity index (χ0n) is 36.8. The molecule has 3 aliphatic rings. The fraction of sp³-hybridized carbons (Fsp3) is 0.841. The number of amides is 1. The lowest BCUT2D eigenvalue weighted by molar-refractivity contribution is -0.379. The van der Waals surface area contributed by atoms with Gasteiger partial charge in [-0.3, -0.25) is 4.79 Å². The third-order valence-corrected chi connectivity index (χ3v) is 11.4. The molecule has 0 aliphatic carbocycles. The minimum absolute atomic E-state index is 0.216. The molecule has 17 unspecified atom stereocenters. The fourth-order valence-corrected chi connectivity index (χ4v) is 7.51. The highest BCUT2D eigenvalue weighted by molar-refractivity contribution is 5.76. The number of carbonyl (C=O) groups excluding carboxylic acids is 1. The Morgan fingerprint density at radius 3 is 1.57 bits per heavy atom. The molecule has 19 nitrogen and oxygen atoms in total. The van der Waals surface area contributed by atoms with E-state index in [1.54, 1.807) is 12.2 Å². The quantitative estimate of drug-likeness (QED) is 0.0332. The third-order valence-electron chi connectivity index (χ3n) is 11.4. The van der Waals surface area contributed by atoms with Crippen molar-refractivity contribution in [1.29, 1.82) is 0 Å². The number of ether oxygens (including phenoxy) is 6. The Labute approximate surface area is 370 Å². The number of aliphatic hydroxyl groups is 11. The highest BCUT2D eigenvalue weighted by Gasteiger charge is 2.53. The van der Waals surface area contributed by atoms with Crippen LogP contribution in [0.25, 0.3) is 0 Å². The van der Waals surface area contributed by atoms with Crippen LogP contribution in [0.5, 0.6) is 0 Å². The molecule has 3 fully saturated rings. The van der Waals surface area contributed by atoms with Crippen molar-refractivity contribution in [3.63, 3.8) is 0 Å². The summed E-state index contributed by atoms with van der Waals surface area (Å²) in [6, 6.07) is -0.986. The number of rotatable bonds is 29. The van der Waals surface area contributed by atoms with E-state index in [4.69, 9.17) is 28.4 Å². The highest BCUT2D eigenvalue weighted by Crippen LogP contribution is 2.33. The van der Waals surface area contributed by atoms with Gasteiger partial charge >= 0.3 is 0 Å². The fourth-order valence-electron chi connectivity index (χ4n) is 7.51. The first-order valence-electron chi connectivity index (χ1n) is 22.7. The van der Waals surface area contributed by atoms with Crippen molar-refractivity contribution < 1.29 is 89.4 Å². The van der Waals surface area contributed by atoms with E-state index in [0.29, 0.717) is 12.8 Å². The topological polar surface area (TPSA) is 307 Å².